The van der Waals surface area contributed by atoms with E-state index in [2.05, 4.69) is 20.9 Å². The van der Waals surface area contributed by atoms with Crippen LogP contribution < -0.4 is 20.7 Å². The van der Waals surface area contributed by atoms with Gasteiger partial charge in [-0.2, -0.15) is 0 Å². The molecule has 0 unspecified atom stereocenters. The van der Waals surface area contributed by atoms with Gasteiger partial charge in [-0.3, -0.25) is 9.79 Å². The Morgan fingerprint density at radius 1 is 1.17 bits per heavy atom. The van der Waals surface area contributed by atoms with Gasteiger partial charge in [-0.15, -0.1) is 0 Å². The molecule has 0 radical (unpaired) electrons. The molecule has 6 nitrogen and oxygen atoms in total. The number of carbonyl (C=O) groups excluding carboxylic acids is 1. The van der Waals surface area contributed by atoms with Gasteiger partial charge in [0.25, 0.3) is 0 Å². The lowest BCUT2D eigenvalue weighted by Gasteiger charge is -2.18. The number of anilines is 1. The summed E-state index contributed by atoms with van der Waals surface area (Å²) in [6.45, 7) is 4.49. The molecule has 0 saturated carbocycles. The Morgan fingerprint density at radius 2 is 2.00 bits per heavy atom. The highest BCUT2D eigenvalue weighted by molar-refractivity contribution is 5.94. The number of amides is 1. The Kier molecular flexibility index (Phi) is 7.44. The molecule has 1 aliphatic rings. The monoisotopic (exact) mass is 398 g/mol. The Hall–Kier alpha value is -3.09. The Balaban J connectivity index is 1.43. The molecule has 0 bridgehead atoms. The number of aryl methyl sites for hydroxylation is 1. The van der Waals surface area contributed by atoms with Crippen LogP contribution in [0, 0.1) is 5.82 Å². The first kappa shape index (κ1) is 20.6. The molecule has 2 aromatic rings. The van der Waals surface area contributed by atoms with Crippen LogP contribution in [0.15, 0.2) is 47.5 Å². The van der Waals surface area contributed by atoms with E-state index in [0.29, 0.717) is 26.1 Å². The highest BCUT2D eigenvalue weighted by Gasteiger charge is 2.14. The quantitative estimate of drug-likeness (QED) is 0.363. The number of hydrogen-bond donors (Lipinski definition) is 3. The number of guanidine groups is 1. The second-order valence-electron chi connectivity index (χ2n) is 6.78. The highest BCUT2D eigenvalue weighted by Crippen LogP contribution is 2.26. The van der Waals surface area contributed by atoms with Crippen LogP contribution in [0.1, 0.15) is 24.5 Å². The normalized spacial score (nSPS) is 13.4. The lowest BCUT2D eigenvalue weighted by Crippen LogP contribution is -2.39. The summed E-state index contributed by atoms with van der Waals surface area (Å²) in [5.74, 6) is 1.35. The van der Waals surface area contributed by atoms with Crippen LogP contribution in [0.25, 0.3) is 0 Å². The zero-order valence-corrected chi connectivity index (χ0v) is 16.6. The molecule has 0 atom stereocenters. The van der Waals surface area contributed by atoms with Crippen molar-refractivity contribution in [1.29, 1.82) is 0 Å². The maximum Gasteiger partial charge on any atom is 0.224 e. The maximum atomic E-state index is 13.0. The van der Waals surface area contributed by atoms with Gasteiger partial charge in [-0.1, -0.05) is 12.1 Å². The van der Waals surface area contributed by atoms with E-state index in [1.807, 2.05) is 25.1 Å². The molecule has 1 heterocycles. The Bertz CT molecular complexity index is 852. The van der Waals surface area contributed by atoms with Crippen molar-refractivity contribution in [2.75, 3.05) is 31.6 Å². The first-order chi connectivity index (χ1) is 14.1. The van der Waals surface area contributed by atoms with Gasteiger partial charge >= 0.3 is 0 Å². The molecule has 0 aliphatic carbocycles. The fourth-order valence-corrected chi connectivity index (χ4v) is 3.08. The van der Waals surface area contributed by atoms with Crippen LogP contribution in [0.4, 0.5) is 10.1 Å². The number of hydrogen-bond acceptors (Lipinski definition) is 3. The summed E-state index contributed by atoms with van der Waals surface area (Å²) in [5, 5.41) is 9.32. The van der Waals surface area contributed by atoms with Gasteiger partial charge in [-0.25, -0.2) is 4.39 Å². The fourth-order valence-electron chi connectivity index (χ4n) is 3.08. The highest BCUT2D eigenvalue weighted by atomic mass is 19.1. The molecular formula is C22H27FN4O2. The van der Waals surface area contributed by atoms with Crippen LogP contribution in [0.2, 0.25) is 0 Å². The summed E-state index contributed by atoms with van der Waals surface area (Å²) in [7, 11) is 0. The molecule has 7 heteroatoms. The molecule has 0 spiro atoms. The number of benzene rings is 2. The number of nitrogens with one attached hydrogen (secondary N) is 3. The van der Waals surface area contributed by atoms with E-state index in [-0.39, 0.29) is 11.7 Å². The SMILES string of the molecule is CCNC(=NCCc1ccc(F)cc1)NCCOc1ccc2c(c1)CCC(=O)N2. The van der Waals surface area contributed by atoms with Gasteiger partial charge in [0, 0.05) is 25.2 Å². The van der Waals surface area contributed by atoms with E-state index < -0.39 is 0 Å². The average molecular weight is 398 g/mol. The largest absolute Gasteiger partial charge is 0.492 e. The van der Waals surface area contributed by atoms with Crippen molar-refractivity contribution < 1.29 is 13.9 Å². The second kappa shape index (κ2) is 10.5. The lowest BCUT2D eigenvalue weighted by molar-refractivity contribution is -0.116. The van der Waals surface area contributed by atoms with E-state index in [4.69, 9.17) is 4.74 Å². The Labute approximate surface area is 170 Å². The summed E-state index contributed by atoms with van der Waals surface area (Å²) in [6, 6.07) is 12.2. The second-order valence-corrected chi connectivity index (χ2v) is 6.78. The van der Waals surface area contributed by atoms with Gasteiger partial charge in [-0.05, 0) is 61.2 Å². The summed E-state index contributed by atoms with van der Waals surface area (Å²) in [5.41, 5.74) is 3.03. The minimum absolute atomic E-state index is 0.0602. The number of ether oxygens (including phenoxy) is 1. The molecule has 0 saturated heterocycles. The van der Waals surface area contributed by atoms with E-state index in [1.54, 1.807) is 12.1 Å². The van der Waals surface area contributed by atoms with Crippen molar-refractivity contribution in [1.82, 2.24) is 10.6 Å². The van der Waals surface area contributed by atoms with Gasteiger partial charge in [0.15, 0.2) is 5.96 Å². The smallest absolute Gasteiger partial charge is 0.224 e. The van der Waals surface area contributed by atoms with Crippen LogP contribution in [-0.2, 0) is 17.6 Å². The van der Waals surface area contributed by atoms with Crippen LogP contribution in [0.5, 0.6) is 5.75 Å². The zero-order chi connectivity index (χ0) is 20.5. The predicted molar refractivity (Wildman–Crippen MR) is 113 cm³/mol. The topological polar surface area (TPSA) is 74.8 Å². The number of fused-ring (bicyclic) bond motifs is 1. The minimum Gasteiger partial charge on any atom is -0.492 e. The number of halogens is 1. The molecule has 154 valence electrons. The van der Waals surface area contributed by atoms with Gasteiger partial charge in [0.1, 0.15) is 18.2 Å². The predicted octanol–water partition coefficient (Wildman–Crippen LogP) is 2.89. The molecule has 0 fully saturated rings. The molecule has 1 aliphatic heterocycles. The first-order valence-corrected chi connectivity index (χ1v) is 9.96. The van der Waals surface area contributed by atoms with E-state index in [1.165, 1.54) is 12.1 Å². The summed E-state index contributed by atoms with van der Waals surface area (Å²) < 4.78 is 18.8. The third-order valence-corrected chi connectivity index (χ3v) is 4.56. The third kappa shape index (κ3) is 6.48. The van der Waals surface area contributed by atoms with Gasteiger partial charge in [0.2, 0.25) is 5.91 Å². The van der Waals surface area contributed by atoms with Crippen molar-refractivity contribution in [3.8, 4) is 5.75 Å². The van der Waals surface area contributed by atoms with E-state index in [9.17, 15) is 9.18 Å². The van der Waals surface area contributed by atoms with Crippen molar-refractivity contribution in [3.05, 3.63) is 59.4 Å². The zero-order valence-electron chi connectivity index (χ0n) is 16.6. The number of aliphatic imine (C=N–C) groups is 1. The lowest BCUT2D eigenvalue weighted by atomic mass is 10.0. The van der Waals surface area contributed by atoms with Crippen LogP contribution in [-0.4, -0.2) is 38.1 Å². The van der Waals surface area contributed by atoms with Crippen LogP contribution >= 0.6 is 0 Å². The molecule has 1 amide bonds. The van der Waals surface area contributed by atoms with E-state index >= 15 is 0 Å². The van der Waals surface area contributed by atoms with Crippen LogP contribution in [0.3, 0.4) is 0 Å². The van der Waals surface area contributed by atoms with Crippen molar-refractivity contribution in [3.63, 3.8) is 0 Å². The molecular weight excluding hydrogens is 371 g/mol. The standard InChI is InChI=1S/C22H27FN4O2/c1-2-24-22(25-12-11-16-3-6-18(23)7-4-16)26-13-14-29-19-8-9-20-17(15-19)5-10-21(28)27-20/h3-4,6-9,15H,2,5,10-14H2,1H3,(H,27,28)(H2,24,25,26). The number of rotatable bonds is 8. The van der Waals surface area contributed by atoms with Gasteiger partial charge < -0.3 is 20.7 Å². The maximum absolute atomic E-state index is 13.0. The molecule has 0 aromatic heterocycles. The van der Waals surface area contributed by atoms with E-state index in [0.717, 1.165) is 47.9 Å². The third-order valence-electron chi connectivity index (χ3n) is 4.56. The Morgan fingerprint density at radius 3 is 2.79 bits per heavy atom. The molecule has 3 N–H and O–H groups in total. The van der Waals surface area contributed by atoms with Gasteiger partial charge in [0.05, 0.1) is 6.54 Å². The molecule has 2 aromatic carbocycles. The van der Waals surface area contributed by atoms with Crippen molar-refractivity contribution >= 4 is 17.6 Å². The van der Waals surface area contributed by atoms with Crippen molar-refractivity contribution in [2.24, 2.45) is 4.99 Å². The van der Waals surface area contributed by atoms with Crippen molar-refractivity contribution in [2.45, 2.75) is 26.2 Å². The summed E-state index contributed by atoms with van der Waals surface area (Å²) >= 11 is 0. The summed E-state index contributed by atoms with van der Waals surface area (Å²) in [4.78, 5) is 16.0. The summed E-state index contributed by atoms with van der Waals surface area (Å²) in [6.07, 6.45) is 2.00. The molecule has 29 heavy (non-hydrogen) atoms. The number of nitrogens with zero attached hydrogens (tertiary/aromatic N) is 1. The first-order valence-electron chi connectivity index (χ1n) is 9.96. The number of carbonyl (C=O) groups is 1. The minimum atomic E-state index is -0.226. The average Bonchev–Trinajstić information content (AvgIpc) is 2.72. The molecule has 3 rings (SSSR count). The fraction of sp³-hybridized carbons (Fsp3) is 0.364.